The lowest BCUT2D eigenvalue weighted by Crippen LogP contribution is -2.43. The number of nitrogens with one attached hydrogen (secondary N) is 2. The molecule has 0 saturated carbocycles. The molecule has 2 heterocycles. The summed E-state index contributed by atoms with van der Waals surface area (Å²) in [6.45, 7) is 6.88. The number of aromatic amines is 1. The van der Waals surface area contributed by atoms with Crippen LogP contribution in [0.4, 0.5) is 0 Å². The highest BCUT2D eigenvalue weighted by molar-refractivity contribution is 5.82. The average Bonchev–Trinajstić information content (AvgIpc) is 2.48. The maximum Gasteiger partial charge on any atom is 0.252 e. The van der Waals surface area contributed by atoms with Crippen LogP contribution < -0.4 is 10.9 Å². The Bertz CT molecular complexity index is 656. The van der Waals surface area contributed by atoms with Crippen molar-refractivity contribution in [1.82, 2.24) is 15.2 Å². The average molecular weight is 271 g/mol. The lowest BCUT2D eigenvalue weighted by Gasteiger charge is -2.26. The number of nitrogens with zero attached hydrogens (tertiary/aromatic N) is 1. The molecule has 0 spiro atoms. The predicted molar refractivity (Wildman–Crippen MR) is 82.1 cm³/mol. The Kier molecular flexibility index (Phi) is 3.85. The third-order valence-electron chi connectivity index (χ3n) is 4.03. The largest absolute Gasteiger partial charge is 0.321 e. The van der Waals surface area contributed by atoms with Crippen LogP contribution in [0, 0.1) is 0 Å². The van der Waals surface area contributed by atoms with E-state index < -0.39 is 0 Å². The summed E-state index contributed by atoms with van der Waals surface area (Å²) in [7, 11) is 0. The molecule has 0 radical (unpaired) electrons. The molecule has 1 saturated heterocycles. The molecular weight excluding hydrogens is 250 g/mol. The molecule has 0 amide bonds. The van der Waals surface area contributed by atoms with Gasteiger partial charge in [0.2, 0.25) is 0 Å². The Morgan fingerprint density at radius 2 is 2.00 bits per heavy atom. The van der Waals surface area contributed by atoms with Gasteiger partial charge in [0.1, 0.15) is 0 Å². The fraction of sp³-hybridized carbons (Fsp3) is 0.438. The summed E-state index contributed by atoms with van der Waals surface area (Å²) >= 11 is 0. The van der Waals surface area contributed by atoms with Crippen molar-refractivity contribution in [2.24, 2.45) is 0 Å². The molecule has 0 atom stereocenters. The summed E-state index contributed by atoms with van der Waals surface area (Å²) in [5.41, 5.74) is 3.11. The number of piperazine rings is 1. The number of H-pyrrole nitrogens is 1. The monoisotopic (exact) mass is 271 g/mol. The van der Waals surface area contributed by atoms with Crippen molar-refractivity contribution in [2.75, 3.05) is 26.2 Å². The summed E-state index contributed by atoms with van der Waals surface area (Å²) < 4.78 is 0. The molecule has 2 N–H and O–H groups in total. The summed E-state index contributed by atoms with van der Waals surface area (Å²) in [5.74, 6) is 0. The zero-order valence-corrected chi connectivity index (χ0v) is 11.9. The summed E-state index contributed by atoms with van der Waals surface area (Å²) in [6, 6.07) is 8.27. The first kappa shape index (κ1) is 13.3. The van der Waals surface area contributed by atoms with Gasteiger partial charge in [0, 0.05) is 38.3 Å². The summed E-state index contributed by atoms with van der Waals surface area (Å²) in [5, 5.41) is 4.47. The van der Waals surface area contributed by atoms with E-state index >= 15 is 0 Å². The lowest BCUT2D eigenvalue weighted by molar-refractivity contribution is 0.232. The predicted octanol–water partition coefficient (Wildman–Crippen LogP) is 1.50. The number of benzene rings is 1. The Morgan fingerprint density at radius 1 is 1.20 bits per heavy atom. The number of rotatable bonds is 3. The topological polar surface area (TPSA) is 48.1 Å². The van der Waals surface area contributed by atoms with Gasteiger partial charge in [-0.3, -0.25) is 9.69 Å². The maximum absolute atomic E-state index is 12.3. The number of pyridine rings is 1. The molecule has 2 aromatic rings. The normalized spacial score (nSPS) is 16.6. The molecule has 1 aromatic carbocycles. The highest BCUT2D eigenvalue weighted by atomic mass is 16.1. The van der Waals surface area contributed by atoms with E-state index in [2.05, 4.69) is 46.4 Å². The number of aryl methyl sites for hydroxylation is 1. The highest BCUT2D eigenvalue weighted by Gasteiger charge is 2.13. The van der Waals surface area contributed by atoms with Gasteiger partial charge in [-0.25, -0.2) is 0 Å². The molecule has 3 rings (SSSR count). The Labute approximate surface area is 118 Å². The number of fused-ring (bicyclic) bond motifs is 1. The van der Waals surface area contributed by atoms with Gasteiger partial charge in [-0.15, -0.1) is 0 Å². The Morgan fingerprint density at radius 3 is 2.75 bits per heavy atom. The van der Waals surface area contributed by atoms with Crippen LogP contribution in [0.1, 0.15) is 18.1 Å². The molecule has 1 fully saturated rings. The van der Waals surface area contributed by atoms with E-state index in [-0.39, 0.29) is 5.56 Å². The first-order valence-corrected chi connectivity index (χ1v) is 7.35. The molecule has 1 aromatic heterocycles. The minimum Gasteiger partial charge on any atom is -0.321 e. The number of hydrogen-bond acceptors (Lipinski definition) is 3. The second-order valence-electron chi connectivity index (χ2n) is 5.38. The zero-order chi connectivity index (χ0) is 13.9. The van der Waals surface area contributed by atoms with Crippen molar-refractivity contribution in [3.8, 4) is 0 Å². The zero-order valence-electron chi connectivity index (χ0n) is 11.9. The number of hydrogen-bond donors (Lipinski definition) is 2. The van der Waals surface area contributed by atoms with E-state index in [4.69, 9.17) is 0 Å². The Balaban J connectivity index is 1.95. The molecule has 0 bridgehead atoms. The van der Waals surface area contributed by atoms with Gasteiger partial charge in [0.05, 0.1) is 5.52 Å². The van der Waals surface area contributed by atoms with Crippen molar-refractivity contribution < 1.29 is 0 Å². The van der Waals surface area contributed by atoms with Crippen molar-refractivity contribution in [3.63, 3.8) is 0 Å². The molecular formula is C16H21N3O. The van der Waals surface area contributed by atoms with E-state index in [0.717, 1.165) is 55.6 Å². The molecule has 4 nitrogen and oxygen atoms in total. The SMILES string of the molecule is CCc1cccc2cc(CN3CCNCC3)c(=O)[nH]c12. The van der Waals surface area contributed by atoms with Gasteiger partial charge in [0.25, 0.3) is 5.56 Å². The van der Waals surface area contributed by atoms with Crippen molar-refractivity contribution in [1.29, 1.82) is 0 Å². The van der Waals surface area contributed by atoms with E-state index in [0.29, 0.717) is 0 Å². The van der Waals surface area contributed by atoms with Crippen LogP contribution in [0.2, 0.25) is 0 Å². The first-order chi connectivity index (χ1) is 9.78. The van der Waals surface area contributed by atoms with Crippen LogP contribution in [-0.4, -0.2) is 36.1 Å². The molecule has 1 aliphatic rings. The van der Waals surface area contributed by atoms with Crippen molar-refractivity contribution in [3.05, 3.63) is 45.7 Å². The van der Waals surface area contributed by atoms with Gasteiger partial charge in [0.15, 0.2) is 0 Å². The molecule has 20 heavy (non-hydrogen) atoms. The molecule has 0 unspecified atom stereocenters. The minimum atomic E-state index is 0.0527. The van der Waals surface area contributed by atoms with E-state index in [9.17, 15) is 4.79 Å². The van der Waals surface area contributed by atoms with E-state index in [1.54, 1.807) is 0 Å². The van der Waals surface area contributed by atoms with Crippen molar-refractivity contribution in [2.45, 2.75) is 19.9 Å². The van der Waals surface area contributed by atoms with Gasteiger partial charge < -0.3 is 10.3 Å². The standard InChI is InChI=1S/C16H21N3O/c1-2-12-4-3-5-13-10-14(16(20)18-15(12)13)11-19-8-6-17-7-9-19/h3-5,10,17H,2,6-9,11H2,1H3,(H,18,20). The smallest absolute Gasteiger partial charge is 0.252 e. The van der Waals surface area contributed by atoms with Crippen LogP contribution >= 0.6 is 0 Å². The summed E-state index contributed by atoms with van der Waals surface area (Å²) in [4.78, 5) is 17.7. The van der Waals surface area contributed by atoms with E-state index in [1.807, 2.05) is 0 Å². The van der Waals surface area contributed by atoms with Crippen LogP contribution in [-0.2, 0) is 13.0 Å². The molecule has 1 aliphatic heterocycles. The van der Waals surface area contributed by atoms with Crippen LogP contribution in [0.3, 0.4) is 0 Å². The van der Waals surface area contributed by atoms with Gasteiger partial charge in [-0.1, -0.05) is 25.1 Å². The highest BCUT2D eigenvalue weighted by Crippen LogP contribution is 2.17. The fourth-order valence-electron chi connectivity index (χ4n) is 2.86. The minimum absolute atomic E-state index is 0.0527. The van der Waals surface area contributed by atoms with Crippen molar-refractivity contribution >= 4 is 10.9 Å². The fourth-order valence-corrected chi connectivity index (χ4v) is 2.86. The molecule has 4 heteroatoms. The number of para-hydroxylation sites is 1. The van der Waals surface area contributed by atoms with Gasteiger partial charge in [-0.05, 0) is 23.4 Å². The van der Waals surface area contributed by atoms with Crippen LogP contribution in [0.5, 0.6) is 0 Å². The maximum atomic E-state index is 12.3. The van der Waals surface area contributed by atoms with Crippen LogP contribution in [0.15, 0.2) is 29.1 Å². The lowest BCUT2D eigenvalue weighted by atomic mass is 10.1. The summed E-state index contributed by atoms with van der Waals surface area (Å²) in [6.07, 6.45) is 0.935. The third-order valence-corrected chi connectivity index (χ3v) is 4.03. The third kappa shape index (κ3) is 2.62. The Hall–Kier alpha value is -1.65. The molecule has 106 valence electrons. The first-order valence-electron chi connectivity index (χ1n) is 7.35. The second-order valence-corrected chi connectivity index (χ2v) is 5.38. The number of aromatic nitrogens is 1. The quantitative estimate of drug-likeness (QED) is 0.889. The van der Waals surface area contributed by atoms with Gasteiger partial charge in [-0.2, -0.15) is 0 Å². The van der Waals surface area contributed by atoms with E-state index in [1.165, 1.54) is 5.56 Å². The van der Waals surface area contributed by atoms with Gasteiger partial charge >= 0.3 is 0 Å². The second kappa shape index (κ2) is 5.77. The van der Waals surface area contributed by atoms with Crippen LogP contribution in [0.25, 0.3) is 10.9 Å². The molecule has 0 aliphatic carbocycles.